The molecule has 0 spiro atoms. The van der Waals surface area contributed by atoms with Gasteiger partial charge < -0.3 is 4.90 Å². The standard InChI is InChI=1S/C12H14N3O/c1-2-14-6-7-15-11-9(8-13-15)4-3-5-10(11)12(14)16/h3-5H,2,6-8H2,1H3/q+1. The molecule has 3 rings (SSSR count). The molecule has 2 aliphatic rings. The summed E-state index contributed by atoms with van der Waals surface area (Å²) in [4.78, 5) is 14.1. The molecule has 2 heterocycles. The molecule has 16 heavy (non-hydrogen) atoms. The van der Waals surface area contributed by atoms with E-state index in [-0.39, 0.29) is 5.91 Å². The summed E-state index contributed by atoms with van der Waals surface area (Å²) >= 11 is 0. The van der Waals surface area contributed by atoms with Crippen LogP contribution >= 0.6 is 0 Å². The van der Waals surface area contributed by atoms with Crippen LogP contribution in [0.15, 0.2) is 23.3 Å². The molecule has 0 bridgehead atoms. The number of benzene rings is 1. The van der Waals surface area contributed by atoms with Crippen molar-refractivity contribution in [2.24, 2.45) is 5.11 Å². The second kappa shape index (κ2) is 3.40. The van der Waals surface area contributed by atoms with Gasteiger partial charge in [0.2, 0.25) is 5.69 Å². The second-order valence-corrected chi connectivity index (χ2v) is 4.12. The maximum absolute atomic E-state index is 12.3. The fraction of sp³-hybridized carbons (Fsp3) is 0.417. The van der Waals surface area contributed by atoms with Crippen molar-refractivity contribution in [2.45, 2.75) is 13.5 Å². The van der Waals surface area contributed by atoms with Crippen LogP contribution in [0.25, 0.3) is 0 Å². The monoisotopic (exact) mass is 216 g/mol. The van der Waals surface area contributed by atoms with Crippen molar-refractivity contribution in [3.05, 3.63) is 29.3 Å². The van der Waals surface area contributed by atoms with Crippen molar-refractivity contribution in [1.29, 1.82) is 0 Å². The van der Waals surface area contributed by atoms with E-state index >= 15 is 0 Å². The molecule has 0 unspecified atom stereocenters. The fourth-order valence-electron chi connectivity index (χ4n) is 2.40. The van der Waals surface area contributed by atoms with Crippen LogP contribution in [0.3, 0.4) is 0 Å². The lowest BCUT2D eigenvalue weighted by Crippen LogP contribution is -2.32. The number of likely N-dealkylation sites (N-methyl/N-ethyl adjacent to an activating group) is 1. The molecule has 0 saturated heterocycles. The van der Waals surface area contributed by atoms with E-state index in [4.69, 9.17) is 0 Å². The first-order valence-corrected chi connectivity index (χ1v) is 5.67. The lowest BCUT2D eigenvalue weighted by molar-refractivity contribution is -0.506. The van der Waals surface area contributed by atoms with Crippen molar-refractivity contribution >= 4 is 11.6 Å². The van der Waals surface area contributed by atoms with Gasteiger partial charge in [-0.15, -0.1) is 0 Å². The van der Waals surface area contributed by atoms with E-state index < -0.39 is 0 Å². The summed E-state index contributed by atoms with van der Waals surface area (Å²) in [5, 5.41) is 4.45. The van der Waals surface area contributed by atoms with Gasteiger partial charge in [0.05, 0.1) is 12.1 Å². The van der Waals surface area contributed by atoms with Crippen molar-refractivity contribution in [3.63, 3.8) is 0 Å². The lowest BCUT2D eigenvalue weighted by Gasteiger charge is -2.15. The Morgan fingerprint density at radius 2 is 2.38 bits per heavy atom. The van der Waals surface area contributed by atoms with E-state index in [9.17, 15) is 4.79 Å². The molecule has 4 heteroatoms. The molecule has 0 fully saturated rings. The Balaban J connectivity index is 2.18. The number of carbonyl (C=O) groups excluding carboxylic acids is 1. The zero-order valence-corrected chi connectivity index (χ0v) is 9.31. The molecular weight excluding hydrogens is 202 g/mol. The maximum Gasteiger partial charge on any atom is 0.260 e. The van der Waals surface area contributed by atoms with E-state index in [1.54, 1.807) is 0 Å². The minimum atomic E-state index is 0.138. The third kappa shape index (κ3) is 1.19. The van der Waals surface area contributed by atoms with Gasteiger partial charge in [0.15, 0.2) is 6.54 Å². The van der Waals surface area contributed by atoms with Gasteiger partial charge in [-0.25, -0.2) is 0 Å². The molecule has 0 atom stereocenters. The summed E-state index contributed by atoms with van der Waals surface area (Å²) in [6.45, 7) is 5.05. The van der Waals surface area contributed by atoms with Crippen molar-refractivity contribution in [3.8, 4) is 0 Å². The average molecular weight is 216 g/mol. The second-order valence-electron chi connectivity index (χ2n) is 4.12. The summed E-state index contributed by atoms with van der Waals surface area (Å²) in [7, 11) is 0. The minimum Gasteiger partial charge on any atom is -0.332 e. The first-order chi connectivity index (χ1) is 7.81. The molecule has 1 amide bonds. The highest BCUT2D eigenvalue weighted by Gasteiger charge is 2.35. The van der Waals surface area contributed by atoms with Crippen LogP contribution in [0.5, 0.6) is 0 Å². The van der Waals surface area contributed by atoms with Crippen LogP contribution < -0.4 is 0 Å². The van der Waals surface area contributed by atoms with E-state index in [1.165, 1.54) is 5.56 Å². The zero-order chi connectivity index (χ0) is 11.1. The number of azo groups is 2. The predicted octanol–water partition coefficient (Wildman–Crippen LogP) is 1.77. The Kier molecular flexibility index (Phi) is 2.02. The average Bonchev–Trinajstić information content (AvgIpc) is 2.66. The summed E-state index contributed by atoms with van der Waals surface area (Å²) in [5.74, 6) is 0.138. The number of carbonyl (C=O) groups is 1. The number of amides is 1. The normalized spacial score (nSPS) is 18.2. The van der Waals surface area contributed by atoms with Crippen molar-refractivity contribution in [2.75, 3.05) is 19.6 Å². The minimum absolute atomic E-state index is 0.138. The predicted molar refractivity (Wildman–Crippen MR) is 58.9 cm³/mol. The van der Waals surface area contributed by atoms with Crippen LogP contribution in [-0.4, -0.2) is 35.1 Å². The highest BCUT2D eigenvalue weighted by molar-refractivity contribution is 5.99. The summed E-state index contributed by atoms with van der Waals surface area (Å²) < 4.78 is 1.98. The largest absolute Gasteiger partial charge is 0.332 e. The highest BCUT2D eigenvalue weighted by atomic mass is 16.2. The van der Waals surface area contributed by atoms with Gasteiger partial charge in [-0.3, -0.25) is 4.79 Å². The molecule has 0 radical (unpaired) electrons. The third-order valence-corrected chi connectivity index (χ3v) is 3.27. The molecule has 0 saturated carbocycles. The topological polar surface area (TPSA) is 35.7 Å². The van der Waals surface area contributed by atoms with Gasteiger partial charge in [0, 0.05) is 6.54 Å². The highest BCUT2D eigenvalue weighted by Crippen LogP contribution is 2.32. The van der Waals surface area contributed by atoms with Crippen molar-refractivity contribution in [1.82, 2.24) is 4.90 Å². The zero-order valence-electron chi connectivity index (χ0n) is 9.31. The molecule has 0 aliphatic carbocycles. The van der Waals surface area contributed by atoms with E-state index in [0.29, 0.717) is 6.54 Å². The van der Waals surface area contributed by atoms with Gasteiger partial charge in [-0.05, 0) is 18.1 Å². The van der Waals surface area contributed by atoms with Crippen LogP contribution in [-0.2, 0) is 6.54 Å². The van der Waals surface area contributed by atoms with E-state index in [0.717, 1.165) is 30.9 Å². The molecule has 0 N–H and O–H groups in total. The molecule has 1 aromatic rings. The van der Waals surface area contributed by atoms with Crippen LogP contribution in [0.4, 0.5) is 5.69 Å². The number of para-hydroxylation sites is 1. The molecule has 0 aromatic heterocycles. The number of hydrogen-bond acceptors (Lipinski definition) is 2. The lowest BCUT2D eigenvalue weighted by atomic mass is 10.1. The number of nitrogens with zero attached hydrogens (tertiary/aromatic N) is 3. The first-order valence-electron chi connectivity index (χ1n) is 5.67. The first kappa shape index (κ1) is 9.51. The number of rotatable bonds is 1. The molecular formula is C12H14N3O+. The number of hydrogen-bond donors (Lipinski definition) is 0. The Morgan fingerprint density at radius 1 is 1.50 bits per heavy atom. The van der Waals surface area contributed by atoms with Gasteiger partial charge in [0.1, 0.15) is 12.1 Å². The van der Waals surface area contributed by atoms with Gasteiger partial charge in [0.25, 0.3) is 5.91 Å². The summed E-state index contributed by atoms with van der Waals surface area (Å²) in [5.41, 5.74) is 3.00. The van der Waals surface area contributed by atoms with Crippen molar-refractivity contribution < 1.29 is 9.49 Å². The Hall–Kier alpha value is -1.71. The molecule has 4 nitrogen and oxygen atoms in total. The van der Waals surface area contributed by atoms with Gasteiger partial charge in [-0.1, -0.05) is 16.8 Å². The molecule has 82 valence electrons. The quantitative estimate of drug-likeness (QED) is 0.659. The Bertz CT molecular complexity index is 493. The Morgan fingerprint density at radius 3 is 3.19 bits per heavy atom. The van der Waals surface area contributed by atoms with Gasteiger partial charge >= 0.3 is 0 Å². The molecule has 1 aromatic carbocycles. The molecule has 2 aliphatic heterocycles. The van der Waals surface area contributed by atoms with E-state index in [1.807, 2.05) is 28.7 Å². The Labute approximate surface area is 94.2 Å². The van der Waals surface area contributed by atoms with Gasteiger partial charge in [-0.2, -0.15) is 0 Å². The van der Waals surface area contributed by atoms with Crippen LogP contribution in [0.1, 0.15) is 22.8 Å². The summed E-state index contributed by atoms with van der Waals surface area (Å²) in [6, 6.07) is 5.91. The SMILES string of the molecule is CCN1CC[N+]2=NCc3cccc(c32)C1=O. The summed E-state index contributed by atoms with van der Waals surface area (Å²) in [6.07, 6.45) is 0. The smallest absolute Gasteiger partial charge is 0.260 e. The third-order valence-electron chi connectivity index (χ3n) is 3.27. The van der Waals surface area contributed by atoms with Crippen LogP contribution in [0.2, 0.25) is 0 Å². The fourth-order valence-corrected chi connectivity index (χ4v) is 2.40. The maximum atomic E-state index is 12.3. The van der Waals surface area contributed by atoms with Crippen LogP contribution in [0, 0.1) is 0 Å². The van der Waals surface area contributed by atoms with E-state index in [2.05, 4.69) is 11.2 Å².